The van der Waals surface area contributed by atoms with Gasteiger partial charge in [-0.1, -0.05) is 13.8 Å². The maximum absolute atomic E-state index is 12.2. The van der Waals surface area contributed by atoms with Crippen molar-refractivity contribution in [1.29, 1.82) is 0 Å². The third-order valence-corrected chi connectivity index (χ3v) is 4.94. The van der Waals surface area contributed by atoms with Crippen molar-refractivity contribution in [3.63, 3.8) is 0 Å². The topological polar surface area (TPSA) is 83.6 Å². The summed E-state index contributed by atoms with van der Waals surface area (Å²) in [5, 5.41) is 9.14. The van der Waals surface area contributed by atoms with Crippen molar-refractivity contribution < 1.29 is 14.7 Å². The van der Waals surface area contributed by atoms with Gasteiger partial charge in [-0.3, -0.25) is 4.79 Å². The van der Waals surface area contributed by atoms with Gasteiger partial charge in [0.05, 0.1) is 5.56 Å². The van der Waals surface area contributed by atoms with Gasteiger partial charge in [-0.15, -0.1) is 0 Å². The number of carboxylic acids is 1. The number of nitrogens with two attached hydrogens (primary N) is 1. The Morgan fingerprint density at radius 3 is 2.52 bits per heavy atom. The summed E-state index contributed by atoms with van der Waals surface area (Å²) in [7, 11) is 0. The fourth-order valence-electron chi connectivity index (χ4n) is 3.30. The quantitative estimate of drug-likeness (QED) is 0.876. The van der Waals surface area contributed by atoms with E-state index in [0.717, 1.165) is 17.7 Å². The van der Waals surface area contributed by atoms with Crippen LogP contribution in [0.15, 0.2) is 18.2 Å². The van der Waals surface area contributed by atoms with Crippen LogP contribution in [0.2, 0.25) is 0 Å². The molecule has 1 amide bonds. The molecule has 1 aliphatic heterocycles. The van der Waals surface area contributed by atoms with E-state index in [9.17, 15) is 9.59 Å². The van der Waals surface area contributed by atoms with Gasteiger partial charge in [-0.25, -0.2) is 4.79 Å². The van der Waals surface area contributed by atoms with Gasteiger partial charge in [0.15, 0.2) is 0 Å². The average molecular weight is 290 g/mol. The molecule has 0 fully saturated rings. The van der Waals surface area contributed by atoms with Crippen molar-refractivity contribution in [2.45, 2.75) is 45.7 Å². The van der Waals surface area contributed by atoms with E-state index in [0.29, 0.717) is 0 Å². The van der Waals surface area contributed by atoms with E-state index in [4.69, 9.17) is 10.8 Å². The van der Waals surface area contributed by atoms with Crippen molar-refractivity contribution >= 4 is 17.6 Å². The van der Waals surface area contributed by atoms with Crippen LogP contribution >= 0.6 is 0 Å². The van der Waals surface area contributed by atoms with Crippen molar-refractivity contribution in [1.82, 2.24) is 0 Å². The molecule has 1 heterocycles. The fourth-order valence-corrected chi connectivity index (χ4v) is 3.30. The smallest absolute Gasteiger partial charge is 0.335 e. The molecule has 3 atom stereocenters. The summed E-state index contributed by atoms with van der Waals surface area (Å²) in [6, 6.07) is 4.51. The number of amides is 1. The summed E-state index contributed by atoms with van der Waals surface area (Å²) in [6.45, 7) is 7.62. The van der Waals surface area contributed by atoms with Gasteiger partial charge in [0, 0.05) is 24.2 Å². The molecular weight excluding hydrogens is 268 g/mol. The molecule has 21 heavy (non-hydrogen) atoms. The molecule has 0 radical (unpaired) electrons. The first-order valence-corrected chi connectivity index (χ1v) is 7.17. The van der Waals surface area contributed by atoms with Crippen molar-refractivity contribution in [3.8, 4) is 0 Å². The van der Waals surface area contributed by atoms with Gasteiger partial charge >= 0.3 is 5.97 Å². The van der Waals surface area contributed by atoms with E-state index in [1.165, 1.54) is 13.0 Å². The molecule has 2 rings (SSSR count). The Morgan fingerprint density at radius 1 is 1.43 bits per heavy atom. The Bertz CT molecular complexity index is 599. The summed E-state index contributed by atoms with van der Waals surface area (Å²) in [5.74, 6) is -1.01. The minimum absolute atomic E-state index is 0.0305. The second-order valence-electron chi connectivity index (χ2n) is 5.96. The Balaban J connectivity index is 2.69. The Kier molecular flexibility index (Phi) is 3.80. The largest absolute Gasteiger partial charge is 0.478 e. The molecule has 5 nitrogen and oxygen atoms in total. The monoisotopic (exact) mass is 290 g/mol. The van der Waals surface area contributed by atoms with Crippen molar-refractivity contribution in [3.05, 3.63) is 29.3 Å². The molecule has 0 bridgehead atoms. The molecule has 3 N–H and O–H groups in total. The highest BCUT2D eigenvalue weighted by molar-refractivity contribution is 5.96. The lowest BCUT2D eigenvalue weighted by molar-refractivity contribution is -0.118. The van der Waals surface area contributed by atoms with E-state index in [1.807, 2.05) is 20.8 Å². The van der Waals surface area contributed by atoms with Gasteiger partial charge in [0.25, 0.3) is 0 Å². The minimum atomic E-state index is -0.990. The minimum Gasteiger partial charge on any atom is -0.478 e. The third-order valence-electron chi connectivity index (χ3n) is 4.94. The van der Waals surface area contributed by atoms with Crippen molar-refractivity contribution in [2.75, 3.05) is 4.90 Å². The van der Waals surface area contributed by atoms with Crippen LogP contribution in [0.25, 0.3) is 0 Å². The molecule has 1 aliphatic rings. The molecule has 0 saturated heterocycles. The van der Waals surface area contributed by atoms with Gasteiger partial charge in [-0.05, 0) is 43.0 Å². The number of carbonyl (C=O) groups excluding carboxylic acids is 1. The molecule has 1 aromatic carbocycles. The Hall–Kier alpha value is -1.88. The molecule has 0 saturated carbocycles. The normalized spacial score (nSPS) is 28.1. The predicted octanol–water partition coefficient (Wildman–Crippen LogP) is 2.56. The lowest BCUT2D eigenvalue weighted by atomic mass is 9.72. The SMILES string of the molecule is CC[C@@]1(C)[C@@H](C)[C@H](N)c2cc(C(=O)O)ccc2N1C(C)=O. The van der Waals surface area contributed by atoms with E-state index in [2.05, 4.69) is 0 Å². The maximum Gasteiger partial charge on any atom is 0.335 e. The van der Waals surface area contributed by atoms with Crippen LogP contribution in [0.5, 0.6) is 0 Å². The molecule has 0 unspecified atom stereocenters. The van der Waals surface area contributed by atoms with Crippen LogP contribution in [-0.4, -0.2) is 22.5 Å². The lowest BCUT2D eigenvalue weighted by Gasteiger charge is -2.51. The summed E-state index contributed by atoms with van der Waals surface area (Å²) >= 11 is 0. The van der Waals surface area contributed by atoms with Gasteiger partial charge < -0.3 is 15.7 Å². The third kappa shape index (κ3) is 2.21. The van der Waals surface area contributed by atoms with E-state index in [-0.39, 0.29) is 29.0 Å². The zero-order chi connectivity index (χ0) is 15.9. The van der Waals surface area contributed by atoms with Crippen LogP contribution in [0.1, 0.15) is 56.1 Å². The van der Waals surface area contributed by atoms with Crippen LogP contribution in [0.4, 0.5) is 5.69 Å². The summed E-state index contributed by atoms with van der Waals surface area (Å²) in [5.41, 5.74) is 7.61. The van der Waals surface area contributed by atoms with Crippen LogP contribution in [0, 0.1) is 5.92 Å². The van der Waals surface area contributed by atoms with E-state index < -0.39 is 5.97 Å². The highest BCUT2D eigenvalue weighted by Gasteiger charge is 2.46. The second-order valence-corrected chi connectivity index (χ2v) is 5.96. The molecule has 5 heteroatoms. The number of aromatic carboxylic acids is 1. The molecule has 0 spiro atoms. The first-order chi connectivity index (χ1) is 9.74. The number of carboxylic acid groups (broad SMARTS) is 1. The van der Waals surface area contributed by atoms with Crippen LogP contribution < -0.4 is 10.6 Å². The molecule has 0 aromatic heterocycles. The number of hydrogen-bond donors (Lipinski definition) is 2. The number of hydrogen-bond acceptors (Lipinski definition) is 3. The summed E-state index contributed by atoms with van der Waals surface area (Å²) in [6.07, 6.45) is 0.779. The number of anilines is 1. The number of carbonyl (C=O) groups is 2. The molecule has 114 valence electrons. The Labute approximate surface area is 124 Å². The molecule has 1 aromatic rings. The molecule has 0 aliphatic carbocycles. The molecular formula is C16H22N2O3. The maximum atomic E-state index is 12.2. The highest BCUT2D eigenvalue weighted by Crippen LogP contribution is 2.46. The zero-order valence-corrected chi connectivity index (χ0v) is 12.9. The first kappa shape index (κ1) is 15.5. The number of benzene rings is 1. The fraction of sp³-hybridized carbons (Fsp3) is 0.500. The zero-order valence-electron chi connectivity index (χ0n) is 12.9. The van der Waals surface area contributed by atoms with Crippen molar-refractivity contribution in [2.24, 2.45) is 11.7 Å². The highest BCUT2D eigenvalue weighted by atomic mass is 16.4. The van der Waals surface area contributed by atoms with Gasteiger partial charge in [0.2, 0.25) is 5.91 Å². The lowest BCUT2D eigenvalue weighted by Crippen LogP contribution is -2.58. The predicted molar refractivity (Wildman–Crippen MR) is 81.3 cm³/mol. The summed E-state index contributed by atoms with van der Waals surface area (Å²) < 4.78 is 0. The van der Waals surface area contributed by atoms with Gasteiger partial charge in [-0.2, -0.15) is 0 Å². The number of fused-ring (bicyclic) bond motifs is 1. The van der Waals surface area contributed by atoms with E-state index in [1.54, 1.807) is 17.0 Å². The van der Waals surface area contributed by atoms with Crippen LogP contribution in [-0.2, 0) is 4.79 Å². The van der Waals surface area contributed by atoms with Gasteiger partial charge in [0.1, 0.15) is 0 Å². The first-order valence-electron chi connectivity index (χ1n) is 7.17. The number of rotatable bonds is 2. The average Bonchev–Trinajstić information content (AvgIpc) is 2.44. The number of nitrogens with zero attached hydrogens (tertiary/aromatic N) is 1. The summed E-state index contributed by atoms with van der Waals surface area (Å²) in [4.78, 5) is 25.1. The van der Waals surface area contributed by atoms with Crippen LogP contribution in [0.3, 0.4) is 0 Å². The second kappa shape index (κ2) is 5.15. The Morgan fingerprint density at radius 2 is 2.05 bits per heavy atom. The standard InChI is InChI=1S/C16H22N2O3/c1-5-16(4)9(2)14(17)12-8-11(15(20)21)6-7-13(12)18(16)10(3)19/h6-9,14H,5,17H2,1-4H3,(H,20,21)/t9-,14-,16-/m0/s1. The van der Waals surface area contributed by atoms with E-state index >= 15 is 0 Å².